The standard InChI is InChI=1S/C12H16N2O2/c1-2-4-10(5-3-1)14(7-12-9-16-12)13-6-11-8-15-11/h1-5,11-13H,6-9H2. The molecule has 86 valence electrons. The Balaban J connectivity index is 1.62. The molecule has 2 aliphatic heterocycles. The van der Waals surface area contributed by atoms with Gasteiger partial charge in [0.05, 0.1) is 37.7 Å². The number of hydrogen-bond donors (Lipinski definition) is 1. The number of anilines is 1. The van der Waals surface area contributed by atoms with Crippen LogP contribution < -0.4 is 10.4 Å². The second-order valence-electron chi connectivity index (χ2n) is 4.22. The van der Waals surface area contributed by atoms with E-state index in [0.717, 1.165) is 26.3 Å². The summed E-state index contributed by atoms with van der Waals surface area (Å²) in [5.41, 5.74) is 4.58. The smallest absolute Gasteiger partial charge is 0.1000 e. The van der Waals surface area contributed by atoms with Gasteiger partial charge >= 0.3 is 0 Å². The van der Waals surface area contributed by atoms with E-state index in [9.17, 15) is 0 Å². The fourth-order valence-electron chi connectivity index (χ4n) is 1.64. The molecule has 2 fully saturated rings. The van der Waals surface area contributed by atoms with Crippen molar-refractivity contribution in [1.29, 1.82) is 0 Å². The molecule has 0 saturated carbocycles. The second-order valence-corrected chi connectivity index (χ2v) is 4.22. The lowest BCUT2D eigenvalue weighted by Gasteiger charge is -2.24. The highest BCUT2D eigenvalue weighted by Crippen LogP contribution is 2.17. The molecule has 0 amide bonds. The highest BCUT2D eigenvalue weighted by atomic mass is 16.6. The molecule has 1 aromatic rings. The van der Waals surface area contributed by atoms with Crippen LogP contribution in [-0.4, -0.2) is 38.5 Å². The Hall–Kier alpha value is -1.10. The van der Waals surface area contributed by atoms with Crippen molar-refractivity contribution in [2.45, 2.75) is 12.2 Å². The van der Waals surface area contributed by atoms with E-state index in [-0.39, 0.29) is 0 Å². The van der Waals surface area contributed by atoms with Crippen molar-refractivity contribution in [1.82, 2.24) is 5.43 Å². The van der Waals surface area contributed by atoms with Gasteiger partial charge in [0.2, 0.25) is 0 Å². The third-order valence-corrected chi connectivity index (χ3v) is 2.77. The Bertz CT molecular complexity index is 336. The van der Waals surface area contributed by atoms with E-state index in [4.69, 9.17) is 9.47 Å². The van der Waals surface area contributed by atoms with Crippen molar-refractivity contribution in [2.24, 2.45) is 0 Å². The number of ether oxygens (including phenoxy) is 2. The maximum Gasteiger partial charge on any atom is 0.1000 e. The van der Waals surface area contributed by atoms with E-state index >= 15 is 0 Å². The first-order valence-corrected chi connectivity index (χ1v) is 5.71. The van der Waals surface area contributed by atoms with Gasteiger partial charge in [0.15, 0.2) is 0 Å². The third-order valence-electron chi connectivity index (χ3n) is 2.77. The Morgan fingerprint density at radius 3 is 2.44 bits per heavy atom. The van der Waals surface area contributed by atoms with E-state index in [0.29, 0.717) is 12.2 Å². The molecule has 0 aromatic heterocycles. The number of para-hydroxylation sites is 1. The van der Waals surface area contributed by atoms with E-state index in [1.807, 2.05) is 18.2 Å². The molecule has 3 rings (SSSR count). The minimum absolute atomic E-state index is 0.382. The molecule has 2 aliphatic rings. The van der Waals surface area contributed by atoms with E-state index < -0.39 is 0 Å². The average Bonchev–Trinajstić information content (AvgIpc) is 3.19. The van der Waals surface area contributed by atoms with Gasteiger partial charge < -0.3 is 14.5 Å². The Morgan fingerprint density at radius 2 is 1.81 bits per heavy atom. The van der Waals surface area contributed by atoms with Crippen LogP contribution in [0.4, 0.5) is 5.69 Å². The van der Waals surface area contributed by atoms with Crippen LogP contribution in [0, 0.1) is 0 Å². The van der Waals surface area contributed by atoms with Crippen LogP contribution >= 0.6 is 0 Å². The fourth-order valence-corrected chi connectivity index (χ4v) is 1.64. The van der Waals surface area contributed by atoms with Crippen molar-refractivity contribution in [2.75, 3.05) is 31.3 Å². The Morgan fingerprint density at radius 1 is 1.12 bits per heavy atom. The van der Waals surface area contributed by atoms with E-state index in [2.05, 4.69) is 22.6 Å². The lowest BCUT2D eigenvalue weighted by Crippen LogP contribution is -2.42. The van der Waals surface area contributed by atoms with E-state index in [1.54, 1.807) is 0 Å². The van der Waals surface area contributed by atoms with Gasteiger partial charge in [0.25, 0.3) is 0 Å². The lowest BCUT2D eigenvalue weighted by atomic mass is 10.3. The zero-order valence-electron chi connectivity index (χ0n) is 9.13. The number of benzene rings is 1. The first kappa shape index (κ1) is 10.1. The normalized spacial score (nSPS) is 26.5. The minimum Gasteiger partial charge on any atom is -0.372 e. The molecule has 16 heavy (non-hydrogen) atoms. The molecule has 0 radical (unpaired) electrons. The summed E-state index contributed by atoms with van der Waals surface area (Å²) < 4.78 is 10.5. The average molecular weight is 220 g/mol. The molecular formula is C12H16N2O2. The summed E-state index contributed by atoms with van der Waals surface area (Å²) in [5, 5.41) is 2.15. The van der Waals surface area contributed by atoms with Gasteiger partial charge in [-0.3, -0.25) is 0 Å². The Labute approximate surface area is 95.1 Å². The summed E-state index contributed by atoms with van der Waals surface area (Å²) in [6.45, 7) is 3.54. The zero-order chi connectivity index (χ0) is 10.8. The van der Waals surface area contributed by atoms with Gasteiger partial charge in [-0.15, -0.1) is 0 Å². The lowest BCUT2D eigenvalue weighted by molar-refractivity contribution is 0.379. The predicted molar refractivity (Wildman–Crippen MR) is 61.3 cm³/mol. The SMILES string of the molecule is c1ccc(N(CC2CO2)NCC2CO2)cc1. The largest absolute Gasteiger partial charge is 0.372 e. The van der Waals surface area contributed by atoms with Gasteiger partial charge in [-0.25, -0.2) is 5.43 Å². The number of hydrogen-bond acceptors (Lipinski definition) is 4. The molecule has 2 saturated heterocycles. The topological polar surface area (TPSA) is 40.3 Å². The minimum atomic E-state index is 0.382. The highest BCUT2D eigenvalue weighted by molar-refractivity contribution is 5.45. The van der Waals surface area contributed by atoms with Crippen LogP contribution in [0.1, 0.15) is 0 Å². The molecule has 2 atom stereocenters. The van der Waals surface area contributed by atoms with Crippen molar-refractivity contribution < 1.29 is 9.47 Å². The zero-order valence-corrected chi connectivity index (χ0v) is 9.13. The maximum absolute atomic E-state index is 5.27. The molecule has 2 heterocycles. The summed E-state index contributed by atoms with van der Waals surface area (Å²) in [6.07, 6.45) is 0.777. The Kier molecular flexibility index (Phi) is 2.78. The maximum atomic E-state index is 5.27. The van der Waals surface area contributed by atoms with Crippen LogP contribution in [0.5, 0.6) is 0 Å². The number of rotatable bonds is 6. The first-order valence-electron chi connectivity index (χ1n) is 5.71. The number of nitrogens with one attached hydrogen (secondary N) is 1. The summed E-state index contributed by atoms with van der Waals surface area (Å²) in [5.74, 6) is 0. The molecule has 1 N–H and O–H groups in total. The predicted octanol–water partition coefficient (Wildman–Crippen LogP) is 0.795. The molecule has 2 unspecified atom stereocenters. The number of nitrogens with zero attached hydrogens (tertiary/aromatic N) is 1. The van der Waals surface area contributed by atoms with Crippen molar-refractivity contribution >= 4 is 5.69 Å². The monoisotopic (exact) mass is 220 g/mol. The summed E-state index contributed by atoms with van der Waals surface area (Å²) in [4.78, 5) is 0. The van der Waals surface area contributed by atoms with Crippen LogP contribution in [0.15, 0.2) is 30.3 Å². The molecule has 4 nitrogen and oxygen atoms in total. The second kappa shape index (κ2) is 4.41. The van der Waals surface area contributed by atoms with E-state index in [1.165, 1.54) is 5.69 Å². The molecule has 1 aromatic carbocycles. The number of epoxide rings is 2. The molecule has 0 aliphatic carbocycles. The van der Waals surface area contributed by atoms with Gasteiger partial charge in [0, 0.05) is 6.54 Å². The fraction of sp³-hybridized carbons (Fsp3) is 0.500. The van der Waals surface area contributed by atoms with Crippen LogP contribution in [0.3, 0.4) is 0 Å². The van der Waals surface area contributed by atoms with Gasteiger partial charge in [0.1, 0.15) is 0 Å². The quantitative estimate of drug-likeness (QED) is 0.568. The van der Waals surface area contributed by atoms with Gasteiger partial charge in [-0.05, 0) is 12.1 Å². The molecular weight excluding hydrogens is 204 g/mol. The number of hydrazine groups is 1. The third kappa shape index (κ3) is 2.72. The first-order chi connectivity index (χ1) is 7.92. The molecule has 0 spiro atoms. The highest BCUT2D eigenvalue weighted by Gasteiger charge is 2.28. The van der Waals surface area contributed by atoms with Crippen LogP contribution in [-0.2, 0) is 9.47 Å². The van der Waals surface area contributed by atoms with Crippen LogP contribution in [0.25, 0.3) is 0 Å². The summed E-state index contributed by atoms with van der Waals surface area (Å²) in [7, 11) is 0. The summed E-state index contributed by atoms with van der Waals surface area (Å²) >= 11 is 0. The molecule has 4 heteroatoms. The molecule has 0 bridgehead atoms. The van der Waals surface area contributed by atoms with Crippen LogP contribution in [0.2, 0.25) is 0 Å². The van der Waals surface area contributed by atoms with Crippen molar-refractivity contribution in [3.63, 3.8) is 0 Å². The summed E-state index contributed by atoms with van der Waals surface area (Å²) in [6, 6.07) is 10.3. The van der Waals surface area contributed by atoms with Crippen molar-refractivity contribution in [3.05, 3.63) is 30.3 Å². The van der Waals surface area contributed by atoms with Gasteiger partial charge in [-0.2, -0.15) is 0 Å². The van der Waals surface area contributed by atoms with Crippen molar-refractivity contribution in [3.8, 4) is 0 Å². The van der Waals surface area contributed by atoms with Gasteiger partial charge in [-0.1, -0.05) is 18.2 Å².